The first-order chi connectivity index (χ1) is 5.83. The summed E-state index contributed by atoms with van der Waals surface area (Å²) in [6.07, 6.45) is 3.17. The van der Waals surface area contributed by atoms with Gasteiger partial charge in [-0.3, -0.25) is 4.98 Å². The van der Waals surface area contributed by atoms with E-state index in [9.17, 15) is 4.79 Å². The first kappa shape index (κ1) is 8.52. The molecule has 0 fully saturated rings. The number of carbonyl (C=O) groups is 1. The SMILES string of the molecule is CCNC(=O)[N]c1cccnc1. The molecule has 1 rings (SSSR count). The Morgan fingerprint density at radius 1 is 1.75 bits per heavy atom. The van der Waals surface area contributed by atoms with Gasteiger partial charge in [0.05, 0.1) is 11.9 Å². The normalized spacial score (nSPS) is 9.08. The first-order valence-corrected chi connectivity index (χ1v) is 3.72. The van der Waals surface area contributed by atoms with Crippen molar-refractivity contribution in [3.8, 4) is 0 Å². The Morgan fingerprint density at radius 3 is 3.17 bits per heavy atom. The van der Waals surface area contributed by atoms with E-state index in [1.165, 1.54) is 6.20 Å². The quantitative estimate of drug-likeness (QED) is 0.710. The smallest absolute Gasteiger partial charge is 0.336 e. The van der Waals surface area contributed by atoms with Crippen LogP contribution in [-0.2, 0) is 0 Å². The summed E-state index contributed by atoms with van der Waals surface area (Å²) in [4.78, 5) is 14.7. The van der Waals surface area contributed by atoms with Gasteiger partial charge in [0.25, 0.3) is 0 Å². The van der Waals surface area contributed by atoms with E-state index in [1.807, 2.05) is 6.92 Å². The molecule has 0 aromatic carbocycles. The molecule has 0 spiro atoms. The maximum atomic E-state index is 10.9. The van der Waals surface area contributed by atoms with Gasteiger partial charge in [-0.25, -0.2) is 4.79 Å². The Labute approximate surface area is 71.0 Å². The van der Waals surface area contributed by atoms with Gasteiger partial charge >= 0.3 is 6.03 Å². The monoisotopic (exact) mass is 164 g/mol. The van der Waals surface area contributed by atoms with Crippen LogP contribution in [0, 0.1) is 0 Å². The summed E-state index contributed by atoms with van der Waals surface area (Å²) in [5.41, 5.74) is 0.573. The molecule has 0 aliphatic heterocycles. The lowest BCUT2D eigenvalue weighted by atomic mass is 10.4. The van der Waals surface area contributed by atoms with E-state index in [2.05, 4.69) is 15.6 Å². The minimum Gasteiger partial charge on any atom is -0.336 e. The number of nitrogens with one attached hydrogen (secondary N) is 1. The number of hydrogen-bond donors (Lipinski definition) is 1. The van der Waals surface area contributed by atoms with Crippen LogP contribution in [0.2, 0.25) is 0 Å². The highest BCUT2D eigenvalue weighted by atomic mass is 16.2. The fraction of sp³-hybridized carbons (Fsp3) is 0.250. The maximum Gasteiger partial charge on any atom is 0.341 e. The molecule has 1 aromatic rings. The van der Waals surface area contributed by atoms with Gasteiger partial charge in [0.15, 0.2) is 0 Å². The summed E-state index contributed by atoms with van der Waals surface area (Å²) in [6, 6.07) is 3.13. The van der Waals surface area contributed by atoms with Crippen molar-refractivity contribution >= 4 is 11.7 Å². The van der Waals surface area contributed by atoms with Crippen LogP contribution in [0.3, 0.4) is 0 Å². The molecule has 0 bridgehead atoms. The number of hydrogen-bond acceptors (Lipinski definition) is 2. The molecule has 4 heteroatoms. The first-order valence-electron chi connectivity index (χ1n) is 3.72. The van der Waals surface area contributed by atoms with E-state index >= 15 is 0 Å². The Kier molecular flexibility index (Phi) is 3.07. The van der Waals surface area contributed by atoms with Crippen molar-refractivity contribution in [3.63, 3.8) is 0 Å². The zero-order valence-corrected chi connectivity index (χ0v) is 6.82. The van der Waals surface area contributed by atoms with Crippen LogP contribution in [0.1, 0.15) is 6.92 Å². The molecule has 2 amide bonds. The van der Waals surface area contributed by atoms with Crippen LogP contribution in [0.15, 0.2) is 24.5 Å². The number of amides is 2. The van der Waals surface area contributed by atoms with Crippen LogP contribution in [0.25, 0.3) is 0 Å². The Balaban J connectivity index is 2.47. The molecule has 0 atom stereocenters. The van der Waals surface area contributed by atoms with E-state index in [0.29, 0.717) is 12.2 Å². The second kappa shape index (κ2) is 4.33. The van der Waals surface area contributed by atoms with E-state index < -0.39 is 0 Å². The number of carbonyl (C=O) groups excluding carboxylic acids is 1. The molecule has 0 saturated carbocycles. The lowest BCUT2D eigenvalue weighted by Crippen LogP contribution is -2.27. The van der Waals surface area contributed by atoms with Gasteiger partial charge in [-0.1, -0.05) is 0 Å². The third-order valence-corrected chi connectivity index (χ3v) is 1.20. The molecule has 0 aliphatic rings. The Hall–Kier alpha value is -1.58. The zero-order chi connectivity index (χ0) is 8.81. The molecule has 12 heavy (non-hydrogen) atoms. The highest BCUT2D eigenvalue weighted by molar-refractivity contribution is 5.78. The largest absolute Gasteiger partial charge is 0.341 e. The standard InChI is InChI=1S/C8H10N3O/c1-2-10-8(12)11-7-4-3-5-9-6-7/h3-6H,2H2,1H3,(H,10,12). The molecule has 0 saturated heterocycles. The van der Waals surface area contributed by atoms with Crippen molar-refractivity contribution in [1.82, 2.24) is 15.6 Å². The van der Waals surface area contributed by atoms with Gasteiger partial charge < -0.3 is 5.32 Å². The molecule has 0 aliphatic carbocycles. The molecule has 4 nitrogen and oxygen atoms in total. The number of nitrogens with zero attached hydrogens (tertiary/aromatic N) is 2. The molecule has 1 radical (unpaired) electrons. The second-order valence-electron chi connectivity index (χ2n) is 2.16. The minimum absolute atomic E-state index is 0.328. The Bertz CT molecular complexity index is 248. The average Bonchev–Trinajstić information content (AvgIpc) is 2.06. The molecular formula is C8H10N3O. The summed E-state index contributed by atoms with van der Waals surface area (Å²) in [6.45, 7) is 2.43. The summed E-state index contributed by atoms with van der Waals surface area (Å²) < 4.78 is 0. The summed E-state index contributed by atoms with van der Waals surface area (Å²) in [5, 5.41) is 6.30. The van der Waals surface area contributed by atoms with Crippen molar-refractivity contribution in [2.45, 2.75) is 6.92 Å². The molecule has 63 valence electrons. The van der Waals surface area contributed by atoms with Crippen molar-refractivity contribution in [3.05, 3.63) is 24.5 Å². The van der Waals surface area contributed by atoms with Gasteiger partial charge in [0.1, 0.15) is 0 Å². The third kappa shape index (κ3) is 2.57. The maximum absolute atomic E-state index is 10.9. The van der Waals surface area contributed by atoms with Crippen LogP contribution < -0.4 is 10.6 Å². The van der Waals surface area contributed by atoms with Gasteiger partial charge in [-0.15, -0.1) is 0 Å². The molecular weight excluding hydrogens is 154 g/mol. The second-order valence-corrected chi connectivity index (χ2v) is 2.16. The molecule has 1 N–H and O–H groups in total. The summed E-state index contributed by atoms with van der Waals surface area (Å²) in [7, 11) is 0. The number of rotatable bonds is 2. The summed E-state index contributed by atoms with van der Waals surface area (Å²) >= 11 is 0. The van der Waals surface area contributed by atoms with E-state index in [4.69, 9.17) is 0 Å². The van der Waals surface area contributed by atoms with Crippen LogP contribution in [0.5, 0.6) is 0 Å². The van der Waals surface area contributed by atoms with Crippen LogP contribution >= 0.6 is 0 Å². The van der Waals surface area contributed by atoms with Gasteiger partial charge in [0.2, 0.25) is 0 Å². The van der Waals surface area contributed by atoms with Crippen molar-refractivity contribution in [2.75, 3.05) is 6.54 Å². The topological polar surface area (TPSA) is 56.1 Å². The average molecular weight is 164 g/mol. The predicted octanol–water partition coefficient (Wildman–Crippen LogP) is 1.05. The van der Waals surface area contributed by atoms with Crippen molar-refractivity contribution < 1.29 is 4.79 Å². The number of pyridine rings is 1. The van der Waals surface area contributed by atoms with Crippen LogP contribution in [0.4, 0.5) is 10.5 Å². The Morgan fingerprint density at radius 2 is 2.58 bits per heavy atom. The van der Waals surface area contributed by atoms with Gasteiger partial charge in [0, 0.05) is 12.7 Å². The lowest BCUT2D eigenvalue weighted by Gasteiger charge is -2.00. The molecule has 1 aromatic heterocycles. The summed E-state index contributed by atoms with van der Waals surface area (Å²) in [5.74, 6) is 0. The van der Waals surface area contributed by atoms with Gasteiger partial charge in [-0.05, 0) is 19.1 Å². The fourth-order valence-corrected chi connectivity index (χ4v) is 0.728. The van der Waals surface area contributed by atoms with Gasteiger partial charge in [-0.2, -0.15) is 5.32 Å². The minimum atomic E-state index is -0.328. The zero-order valence-electron chi connectivity index (χ0n) is 6.82. The lowest BCUT2D eigenvalue weighted by molar-refractivity contribution is 0.244. The predicted molar refractivity (Wildman–Crippen MR) is 45.1 cm³/mol. The van der Waals surface area contributed by atoms with Crippen molar-refractivity contribution in [1.29, 1.82) is 0 Å². The molecule has 0 unspecified atom stereocenters. The number of urea groups is 1. The number of aromatic nitrogens is 1. The van der Waals surface area contributed by atoms with Crippen LogP contribution in [-0.4, -0.2) is 17.6 Å². The molecule has 1 heterocycles. The van der Waals surface area contributed by atoms with Crippen molar-refractivity contribution in [2.24, 2.45) is 0 Å². The van der Waals surface area contributed by atoms with E-state index in [1.54, 1.807) is 18.3 Å². The van der Waals surface area contributed by atoms with E-state index in [0.717, 1.165) is 0 Å². The highest BCUT2D eigenvalue weighted by Gasteiger charge is 2.00. The van der Waals surface area contributed by atoms with E-state index in [-0.39, 0.29) is 6.03 Å². The highest BCUT2D eigenvalue weighted by Crippen LogP contribution is 2.01. The fourth-order valence-electron chi connectivity index (χ4n) is 0.728. The third-order valence-electron chi connectivity index (χ3n) is 1.20.